The molecule has 186 valence electrons. The second-order valence-electron chi connectivity index (χ2n) is 10.1. The van der Waals surface area contributed by atoms with Crippen LogP contribution in [0.2, 0.25) is 0 Å². The lowest BCUT2D eigenvalue weighted by atomic mass is 9.63. The first-order valence-corrected chi connectivity index (χ1v) is 13.0. The van der Waals surface area contributed by atoms with Crippen molar-refractivity contribution in [2.75, 3.05) is 6.61 Å². The van der Waals surface area contributed by atoms with Crippen LogP contribution in [0.25, 0.3) is 0 Å². The highest BCUT2D eigenvalue weighted by Crippen LogP contribution is 2.48. The summed E-state index contributed by atoms with van der Waals surface area (Å²) >= 11 is 0. The number of rotatable bonds is 9. The molecule has 2 aromatic carbocycles. The zero-order valence-electron chi connectivity index (χ0n) is 20.8. The minimum absolute atomic E-state index is 0.230. The molecule has 0 aliphatic heterocycles. The van der Waals surface area contributed by atoms with E-state index in [-0.39, 0.29) is 17.3 Å². The fraction of sp³-hybridized carbons (Fsp3) is 0.452. The number of halogens is 1. The Kier molecular flexibility index (Phi) is 8.79. The average Bonchev–Trinajstić information content (AvgIpc) is 2.88. The first kappa shape index (κ1) is 25.2. The first-order chi connectivity index (χ1) is 17.1. The second-order valence-corrected chi connectivity index (χ2v) is 10.1. The second kappa shape index (κ2) is 12.2. The van der Waals surface area contributed by atoms with Crippen LogP contribution in [0.15, 0.2) is 67.3 Å². The van der Waals surface area contributed by atoms with E-state index >= 15 is 4.39 Å². The molecule has 3 nitrogen and oxygen atoms in total. The lowest BCUT2D eigenvalue weighted by molar-refractivity contribution is 0.0734. The number of hydrogen-bond acceptors (Lipinski definition) is 3. The topological polar surface area (TPSA) is 35.5 Å². The summed E-state index contributed by atoms with van der Waals surface area (Å²) in [7, 11) is 0. The quantitative estimate of drug-likeness (QED) is 0.208. The van der Waals surface area contributed by atoms with Crippen LogP contribution in [0.3, 0.4) is 0 Å². The molecule has 0 spiro atoms. The molecule has 2 aromatic rings. The van der Waals surface area contributed by atoms with Crippen molar-refractivity contribution in [3.05, 3.63) is 84.2 Å². The van der Waals surface area contributed by atoms with E-state index in [0.717, 1.165) is 30.2 Å². The van der Waals surface area contributed by atoms with Gasteiger partial charge in [0.15, 0.2) is 0 Å². The van der Waals surface area contributed by atoms with Crippen LogP contribution in [0.5, 0.6) is 11.5 Å². The lowest BCUT2D eigenvalue weighted by Crippen LogP contribution is -2.30. The summed E-state index contributed by atoms with van der Waals surface area (Å²) in [6, 6.07) is 11.6. The Morgan fingerprint density at radius 2 is 1.77 bits per heavy atom. The Morgan fingerprint density at radius 1 is 1.03 bits per heavy atom. The predicted octanol–water partition coefficient (Wildman–Crippen LogP) is 8.27. The van der Waals surface area contributed by atoms with E-state index < -0.39 is 5.97 Å². The molecule has 0 saturated heterocycles. The molecule has 4 heteroatoms. The van der Waals surface area contributed by atoms with E-state index in [2.05, 4.69) is 25.7 Å². The molecule has 0 radical (unpaired) electrons. The Bertz CT molecular complexity index is 1030. The molecule has 0 N–H and O–H groups in total. The van der Waals surface area contributed by atoms with E-state index in [1.807, 2.05) is 0 Å². The summed E-state index contributed by atoms with van der Waals surface area (Å²) < 4.78 is 26.0. The molecular formula is C31H37FO3. The van der Waals surface area contributed by atoms with Crippen molar-refractivity contribution in [3.63, 3.8) is 0 Å². The maximum absolute atomic E-state index is 15.1. The van der Waals surface area contributed by atoms with Gasteiger partial charge in [-0.1, -0.05) is 37.3 Å². The summed E-state index contributed by atoms with van der Waals surface area (Å²) in [5.74, 6) is 2.79. The third-order valence-corrected chi connectivity index (χ3v) is 7.78. The molecule has 2 aliphatic carbocycles. The van der Waals surface area contributed by atoms with Gasteiger partial charge in [-0.2, -0.15) is 0 Å². The van der Waals surface area contributed by atoms with Crippen molar-refractivity contribution < 1.29 is 18.7 Å². The van der Waals surface area contributed by atoms with E-state index in [1.165, 1.54) is 44.6 Å². The van der Waals surface area contributed by atoms with Crippen LogP contribution < -0.4 is 9.47 Å². The van der Waals surface area contributed by atoms with Gasteiger partial charge in [-0.3, -0.25) is 0 Å². The molecule has 2 saturated carbocycles. The lowest BCUT2D eigenvalue weighted by Gasteiger charge is -2.42. The molecule has 0 amide bonds. The van der Waals surface area contributed by atoms with Crippen molar-refractivity contribution in [1.29, 1.82) is 0 Å². The molecular weight excluding hydrogens is 439 g/mol. The van der Waals surface area contributed by atoms with E-state index in [1.54, 1.807) is 42.5 Å². The molecule has 4 rings (SSSR count). The highest BCUT2D eigenvalue weighted by atomic mass is 19.1. The fourth-order valence-corrected chi connectivity index (χ4v) is 5.94. The normalized spacial score (nSPS) is 24.1. The Morgan fingerprint density at radius 3 is 2.51 bits per heavy atom. The molecule has 2 fully saturated rings. The van der Waals surface area contributed by atoms with Crippen LogP contribution in [-0.2, 0) is 0 Å². The number of carbonyl (C=O) groups excluding carboxylic acids is 1. The molecule has 4 atom stereocenters. The van der Waals surface area contributed by atoms with Crippen LogP contribution in [-0.4, -0.2) is 12.6 Å². The van der Waals surface area contributed by atoms with Crippen LogP contribution in [0.4, 0.5) is 4.39 Å². The van der Waals surface area contributed by atoms with Gasteiger partial charge >= 0.3 is 5.97 Å². The maximum Gasteiger partial charge on any atom is 0.343 e. The van der Waals surface area contributed by atoms with Crippen molar-refractivity contribution >= 4 is 5.97 Å². The van der Waals surface area contributed by atoms with Crippen molar-refractivity contribution in [2.45, 2.75) is 64.2 Å². The Hall–Kier alpha value is -2.88. The van der Waals surface area contributed by atoms with Crippen LogP contribution in [0, 0.1) is 23.6 Å². The summed E-state index contributed by atoms with van der Waals surface area (Å²) in [4.78, 5) is 12.6. The molecule has 2 aliphatic rings. The number of fused-ring (bicyclic) bond motifs is 1. The molecule has 0 aromatic heterocycles. The highest BCUT2D eigenvalue weighted by Gasteiger charge is 2.36. The number of allylic oxidation sites excluding steroid dienone is 2. The van der Waals surface area contributed by atoms with Gasteiger partial charge in [0.2, 0.25) is 0 Å². The number of hydrogen-bond donors (Lipinski definition) is 0. The summed E-state index contributed by atoms with van der Waals surface area (Å²) in [5.41, 5.74) is 0.979. The van der Waals surface area contributed by atoms with Gasteiger partial charge in [0.25, 0.3) is 0 Å². The fourth-order valence-electron chi connectivity index (χ4n) is 5.94. The minimum atomic E-state index is -0.560. The Labute approximate surface area is 209 Å². The van der Waals surface area contributed by atoms with E-state index in [0.29, 0.717) is 24.0 Å². The molecule has 0 bridgehead atoms. The molecule has 0 heterocycles. The van der Waals surface area contributed by atoms with Gasteiger partial charge in [0.05, 0.1) is 5.56 Å². The predicted molar refractivity (Wildman–Crippen MR) is 138 cm³/mol. The summed E-state index contributed by atoms with van der Waals surface area (Å²) in [6.07, 6.45) is 15.8. The first-order valence-electron chi connectivity index (χ1n) is 13.0. The van der Waals surface area contributed by atoms with Crippen LogP contribution >= 0.6 is 0 Å². The highest BCUT2D eigenvalue weighted by molar-refractivity contribution is 5.91. The van der Waals surface area contributed by atoms with Gasteiger partial charge in [0.1, 0.15) is 23.9 Å². The van der Waals surface area contributed by atoms with Gasteiger partial charge in [-0.25, -0.2) is 9.18 Å². The molecule has 35 heavy (non-hydrogen) atoms. The Balaban J connectivity index is 1.33. The monoisotopic (exact) mass is 476 g/mol. The zero-order chi connectivity index (χ0) is 24.6. The van der Waals surface area contributed by atoms with Gasteiger partial charge < -0.3 is 9.47 Å². The number of benzene rings is 2. The van der Waals surface area contributed by atoms with E-state index in [4.69, 9.17) is 9.47 Å². The maximum atomic E-state index is 15.1. The minimum Gasteiger partial charge on any atom is -0.490 e. The van der Waals surface area contributed by atoms with Crippen molar-refractivity contribution in [1.82, 2.24) is 0 Å². The van der Waals surface area contributed by atoms with Crippen LogP contribution in [0.1, 0.15) is 80.1 Å². The number of esters is 1. The third-order valence-electron chi connectivity index (χ3n) is 7.78. The van der Waals surface area contributed by atoms with E-state index in [9.17, 15) is 4.79 Å². The zero-order valence-corrected chi connectivity index (χ0v) is 20.8. The van der Waals surface area contributed by atoms with Crippen molar-refractivity contribution in [2.24, 2.45) is 17.8 Å². The largest absolute Gasteiger partial charge is 0.490 e. The number of ether oxygens (including phenoxy) is 2. The molecule has 4 unspecified atom stereocenters. The number of carbonyl (C=O) groups is 1. The average molecular weight is 477 g/mol. The third kappa shape index (κ3) is 6.62. The smallest absolute Gasteiger partial charge is 0.343 e. The van der Waals surface area contributed by atoms with Gasteiger partial charge in [-0.05, 0) is 118 Å². The van der Waals surface area contributed by atoms with Gasteiger partial charge in [0, 0.05) is 0 Å². The standard InChI is InChI=1S/C31H37FO3/c1-3-5-6-7-22-8-9-24-20-25(11-10-23(24)19-22)29-17-12-26(21-30(29)32)31(33)35-28-15-13-27(14-16-28)34-18-4-2/h3-5,12-17,21-25H,2,6-11,18-20H2,1H3/b5-3+. The summed E-state index contributed by atoms with van der Waals surface area (Å²) in [5, 5.41) is 0. The SMILES string of the molecule is C=CCOc1ccc(OC(=O)c2ccc(C3CCC4CC(CC/C=C/C)CCC4C3)c(F)c2)cc1. The summed E-state index contributed by atoms with van der Waals surface area (Å²) in [6.45, 7) is 6.11. The van der Waals surface area contributed by atoms with Gasteiger partial charge in [-0.15, -0.1) is 0 Å². The van der Waals surface area contributed by atoms with Crippen molar-refractivity contribution in [3.8, 4) is 11.5 Å².